The maximum Gasteiger partial charge on any atom is 0.191 e. The van der Waals surface area contributed by atoms with Crippen LogP contribution in [0.3, 0.4) is 0 Å². The van der Waals surface area contributed by atoms with Gasteiger partial charge in [0, 0.05) is 45.5 Å². The molecule has 0 amide bonds. The summed E-state index contributed by atoms with van der Waals surface area (Å²) in [4.78, 5) is 14.1. The molecule has 0 atom stereocenters. The zero-order valence-electron chi connectivity index (χ0n) is 17.8. The van der Waals surface area contributed by atoms with Gasteiger partial charge in [0.25, 0.3) is 0 Å². The van der Waals surface area contributed by atoms with Gasteiger partial charge in [-0.3, -0.25) is 9.88 Å². The molecule has 1 saturated heterocycles. The fourth-order valence-electron chi connectivity index (χ4n) is 3.46. The molecule has 3 rings (SSSR count). The van der Waals surface area contributed by atoms with Crippen molar-refractivity contribution in [2.24, 2.45) is 4.99 Å². The number of nitrogens with zero attached hydrogens (tertiary/aromatic N) is 4. The number of rotatable bonds is 8. The summed E-state index contributed by atoms with van der Waals surface area (Å²) in [7, 11) is 0. The molecule has 2 N–H and O–H groups in total. The zero-order chi connectivity index (χ0) is 20.3. The van der Waals surface area contributed by atoms with Crippen LogP contribution in [-0.2, 0) is 19.6 Å². The number of piperazine rings is 1. The lowest BCUT2D eigenvalue weighted by molar-refractivity contribution is 0.132. The summed E-state index contributed by atoms with van der Waals surface area (Å²) in [5, 5.41) is 6.64. The Morgan fingerprint density at radius 1 is 0.931 bits per heavy atom. The fraction of sp³-hybridized carbons (Fsp3) is 0.478. The first kappa shape index (κ1) is 21.3. The highest BCUT2D eigenvalue weighted by atomic mass is 15.3. The second-order valence-electron chi connectivity index (χ2n) is 7.40. The third-order valence-corrected chi connectivity index (χ3v) is 5.27. The summed E-state index contributed by atoms with van der Waals surface area (Å²) in [6.45, 7) is 13.4. The van der Waals surface area contributed by atoms with E-state index in [-0.39, 0.29) is 0 Å². The van der Waals surface area contributed by atoms with Crippen LogP contribution in [0.5, 0.6) is 0 Å². The number of hydrogen-bond donors (Lipinski definition) is 2. The van der Waals surface area contributed by atoms with Gasteiger partial charge in [0.05, 0.1) is 18.8 Å². The number of hydrogen-bond acceptors (Lipinski definition) is 4. The molecular weight excluding hydrogens is 360 g/mol. The van der Waals surface area contributed by atoms with Gasteiger partial charge in [-0.15, -0.1) is 0 Å². The largest absolute Gasteiger partial charge is 0.357 e. The molecule has 0 unspecified atom stereocenters. The van der Waals surface area contributed by atoms with Crippen LogP contribution in [0.15, 0.2) is 53.7 Å². The predicted molar refractivity (Wildman–Crippen MR) is 120 cm³/mol. The van der Waals surface area contributed by atoms with Crippen molar-refractivity contribution < 1.29 is 0 Å². The molecule has 2 heterocycles. The van der Waals surface area contributed by atoms with Crippen molar-refractivity contribution in [1.82, 2.24) is 25.4 Å². The number of guanidine groups is 1. The molecule has 1 aliphatic rings. The quantitative estimate of drug-likeness (QED) is 0.532. The van der Waals surface area contributed by atoms with Crippen LogP contribution < -0.4 is 10.6 Å². The smallest absolute Gasteiger partial charge is 0.191 e. The van der Waals surface area contributed by atoms with E-state index in [9.17, 15) is 0 Å². The fourth-order valence-corrected chi connectivity index (χ4v) is 3.46. The van der Waals surface area contributed by atoms with Gasteiger partial charge in [-0.25, -0.2) is 4.99 Å². The Balaban J connectivity index is 1.49. The molecular formula is C23H34N6. The Labute approximate surface area is 175 Å². The summed E-state index contributed by atoms with van der Waals surface area (Å²) in [5.74, 6) is 0.816. The van der Waals surface area contributed by atoms with Crippen molar-refractivity contribution in [3.63, 3.8) is 0 Å². The van der Waals surface area contributed by atoms with Crippen LogP contribution in [0.2, 0.25) is 0 Å². The van der Waals surface area contributed by atoms with E-state index < -0.39 is 0 Å². The van der Waals surface area contributed by atoms with Crippen LogP contribution in [0.1, 0.15) is 30.7 Å². The van der Waals surface area contributed by atoms with Crippen LogP contribution in [0.25, 0.3) is 0 Å². The topological polar surface area (TPSA) is 55.8 Å². The van der Waals surface area contributed by atoms with E-state index in [2.05, 4.69) is 63.5 Å². The lowest BCUT2D eigenvalue weighted by Crippen LogP contribution is -2.45. The molecule has 29 heavy (non-hydrogen) atoms. The van der Waals surface area contributed by atoms with Gasteiger partial charge in [0.15, 0.2) is 5.96 Å². The van der Waals surface area contributed by atoms with Crippen molar-refractivity contribution in [2.45, 2.75) is 33.5 Å². The van der Waals surface area contributed by atoms with E-state index in [0.29, 0.717) is 13.1 Å². The number of benzene rings is 1. The van der Waals surface area contributed by atoms with E-state index in [1.807, 2.05) is 24.4 Å². The molecule has 0 aliphatic carbocycles. The molecule has 1 aromatic heterocycles. The Morgan fingerprint density at radius 2 is 1.66 bits per heavy atom. The highest BCUT2D eigenvalue weighted by Crippen LogP contribution is 2.11. The van der Waals surface area contributed by atoms with E-state index >= 15 is 0 Å². The minimum Gasteiger partial charge on any atom is -0.357 e. The standard InChI is InChI=1S/C23H34N6/c1-3-24-23(27-18-22-7-5-6-12-25-22)26-17-20-8-10-21(11-9-20)19-29-15-13-28(4-2)14-16-29/h5-12H,3-4,13-19H2,1-2H3,(H2,24,26,27). The van der Waals surface area contributed by atoms with Crippen LogP contribution in [-0.4, -0.2) is 60.0 Å². The Kier molecular flexibility index (Phi) is 8.46. The van der Waals surface area contributed by atoms with Gasteiger partial charge in [-0.1, -0.05) is 37.3 Å². The molecule has 1 aliphatic heterocycles. The Morgan fingerprint density at radius 3 is 2.31 bits per heavy atom. The first-order valence-electron chi connectivity index (χ1n) is 10.7. The van der Waals surface area contributed by atoms with E-state index in [1.165, 1.54) is 24.2 Å². The molecule has 2 aromatic rings. The first-order chi connectivity index (χ1) is 14.3. The summed E-state index contributed by atoms with van der Waals surface area (Å²) < 4.78 is 0. The summed E-state index contributed by atoms with van der Waals surface area (Å²) in [6.07, 6.45) is 1.81. The Bertz CT molecular complexity index is 736. The van der Waals surface area contributed by atoms with Gasteiger partial charge in [-0.05, 0) is 36.7 Å². The molecule has 156 valence electrons. The molecule has 6 heteroatoms. The van der Waals surface area contributed by atoms with Gasteiger partial charge < -0.3 is 15.5 Å². The zero-order valence-corrected chi connectivity index (χ0v) is 17.8. The summed E-state index contributed by atoms with van der Waals surface area (Å²) in [5.41, 5.74) is 3.60. The average molecular weight is 395 g/mol. The number of likely N-dealkylation sites (N-methyl/N-ethyl adjacent to an activating group) is 1. The van der Waals surface area contributed by atoms with E-state index in [1.54, 1.807) is 0 Å². The lowest BCUT2D eigenvalue weighted by atomic mass is 10.1. The lowest BCUT2D eigenvalue weighted by Gasteiger charge is -2.34. The molecule has 0 spiro atoms. The van der Waals surface area contributed by atoms with E-state index in [0.717, 1.165) is 44.4 Å². The van der Waals surface area contributed by atoms with Gasteiger partial charge in [0.1, 0.15) is 0 Å². The molecule has 0 radical (unpaired) electrons. The number of aromatic nitrogens is 1. The van der Waals surface area contributed by atoms with Gasteiger partial charge >= 0.3 is 0 Å². The SMILES string of the molecule is CCNC(=NCc1ccc(CN2CCN(CC)CC2)cc1)NCc1ccccn1. The van der Waals surface area contributed by atoms with Crippen molar-refractivity contribution >= 4 is 5.96 Å². The van der Waals surface area contributed by atoms with Crippen molar-refractivity contribution in [3.05, 3.63) is 65.5 Å². The van der Waals surface area contributed by atoms with Crippen molar-refractivity contribution in [2.75, 3.05) is 39.3 Å². The van der Waals surface area contributed by atoms with Crippen LogP contribution in [0.4, 0.5) is 0 Å². The van der Waals surface area contributed by atoms with Crippen molar-refractivity contribution in [3.8, 4) is 0 Å². The summed E-state index contributed by atoms with van der Waals surface area (Å²) >= 11 is 0. The maximum atomic E-state index is 4.71. The minimum absolute atomic E-state index is 0.660. The molecule has 0 bridgehead atoms. The van der Waals surface area contributed by atoms with E-state index in [4.69, 9.17) is 4.99 Å². The average Bonchev–Trinajstić information content (AvgIpc) is 2.78. The Hall–Kier alpha value is -2.44. The predicted octanol–water partition coefficient (Wildman–Crippen LogP) is 2.47. The summed E-state index contributed by atoms with van der Waals surface area (Å²) in [6, 6.07) is 14.8. The third-order valence-electron chi connectivity index (χ3n) is 5.27. The highest BCUT2D eigenvalue weighted by molar-refractivity contribution is 5.79. The van der Waals surface area contributed by atoms with Crippen LogP contribution in [0, 0.1) is 0 Å². The second-order valence-corrected chi connectivity index (χ2v) is 7.40. The number of pyridine rings is 1. The molecule has 6 nitrogen and oxygen atoms in total. The first-order valence-corrected chi connectivity index (χ1v) is 10.7. The van der Waals surface area contributed by atoms with Gasteiger partial charge in [-0.2, -0.15) is 0 Å². The molecule has 0 saturated carbocycles. The normalized spacial score (nSPS) is 16.0. The van der Waals surface area contributed by atoms with Gasteiger partial charge in [0.2, 0.25) is 0 Å². The molecule has 1 fully saturated rings. The van der Waals surface area contributed by atoms with Crippen molar-refractivity contribution in [1.29, 1.82) is 0 Å². The minimum atomic E-state index is 0.660. The van der Waals surface area contributed by atoms with Crippen LogP contribution >= 0.6 is 0 Å². The number of aliphatic imine (C=N–C) groups is 1. The number of nitrogens with one attached hydrogen (secondary N) is 2. The molecule has 1 aromatic carbocycles. The monoisotopic (exact) mass is 394 g/mol. The maximum absolute atomic E-state index is 4.71. The second kappa shape index (κ2) is 11.5. The highest BCUT2D eigenvalue weighted by Gasteiger charge is 2.15. The third kappa shape index (κ3) is 7.15.